The Bertz CT molecular complexity index is 1090. The van der Waals surface area contributed by atoms with E-state index in [0.29, 0.717) is 5.69 Å². The molecule has 0 aliphatic carbocycles. The summed E-state index contributed by atoms with van der Waals surface area (Å²) in [6, 6.07) is 9.82. The minimum absolute atomic E-state index is 0.0350. The fourth-order valence-electron chi connectivity index (χ4n) is 2.37. The molecule has 0 radical (unpaired) electrons. The number of carbonyl (C=O) groups is 1. The van der Waals surface area contributed by atoms with Gasteiger partial charge in [0.25, 0.3) is 0 Å². The van der Waals surface area contributed by atoms with Gasteiger partial charge in [-0.1, -0.05) is 29.3 Å². The van der Waals surface area contributed by atoms with Crippen LogP contribution in [0.15, 0.2) is 56.8 Å². The van der Waals surface area contributed by atoms with Gasteiger partial charge in [0.05, 0.1) is 22.0 Å². The molecule has 152 valence electrons. The van der Waals surface area contributed by atoms with Crippen LogP contribution in [0.5, 0.6) is 0 Å². The highest BCUT2D eigenvalue weighted by Gasteiger charge is 2.31. The normalized spacial score (nSPS) is 11.5. The number of aromatic nitrogens is 2. The van der Waals surface area contributed by atoms with Crippen molar-refractivity contribution in [2.75, 3.05) is 11.1 Å². The minimum Gasteiger partial charge on any atom is -0.324 e. The van der Waals surface area contributed by atoms with Crippen molar-refractivity contribution in [3.63, 3.8) is 0 Å². The quantitative estimate of drug-likeness (QED) is 0.461. The Morgan fingerprint density at radius 3 is 2.59 bits per heavy atom. The molecule has 1 heterocycles. The van der Waals surface area contributed by atoms with E-state index in [-0.39, 0.29) is 21.5 Å². The third-order valence-corrected chi connectivity index (χ3v) is 5.17. The number of thioether (sulfide) groups is 1. The predicted molar refractivity (Wildman–Crippen MR) is 101 cm³/mol. The van der Waals surface area contributed by atoms with Gasteiger partial charge in [-0.25, -0.2) is 4.79 Å². The van der Waals surface area contributed by atoms with E-state index in [1.54, 1.807) is 12.1 Å². The van der Waals surface area contributed by atoms with Gasteiger partial charge in [0.15, 0.2) is 0 Å². The standard InChI is InChI=1S/C18H13ClF3N3O3S/c1-10-2-5-12(6-3-10)25-16(17(27)28-24-25)29-9-15(26)23-14-8-11(18(20,21)22)4-7-13(14)19/h2-8H,9H2,1H3,(H-,23,24,26,27)/p+1. The molecule has 0 spiro atoms. The van der Waals surface area contributed by atoms with Gasteiger partial charge in [0, 0.05) is 12.1 Å². The van der Waals surface area contributed by atoms with Crippen molar-refractivity contribution in [2.24, 2.45) is 0 Å². The van der Waals surface area contributed by atoms with Gasteiger partial charge in [-0.05, 0) is 46.8 Å². The Morgan fingerprint density at radius 1 is 1.24 bits per heavy atom. The summed E-state index contributed by atoms with van der Waals surface area (Å²) in [5.74, 6) is -0.881. The number of carbonyl (C=O) groups excluding carboxylic acids is 1. The summed E-state index contributed by atoms with van der Waals surface area (Å²) in [6.07, 6.45) is -4.57. The van der Waals surface area contributed by atoms with E-state index >= 15 is 0 Å². The van der Waals surface area contributed by atoms with E-state index in [9.17, 15) is 22.8 Å². The van der Waals surface area contributed by atoms with Crippen LogP contribution in [0.2, 0.25) is 5.02 Å². The topological polar surface area (TPSA) is 79.0 Å². The number of amides is 1. The number of halogens is 4. The highest BCUT2D eigenvalue weighted by molar-refractivity contribution is 7.99. The molecule has 2 aromatic carbocycles. The number of rotatable bonds is 5. The van der Waals surface area contributed by atoms with Crippen LogP contribution in [0.25, 0.3) is 5.69 Å². The Labute approximate surface area is 171 Å². The third-order valence-electron chi connectivity index (χ3n) is 3.81. The molecule has 1 aromatic heterocycles. The smallest absolute Gasteiger partial charge is 0.324 e. The molecule has 0 bridgehead atoms. The fourth-order valence-corrected chi connectivity index (χ4v) is 3.30. The molecule has 6 nitrogen and oxygen atoms in total. The van der Waals surface area contributed by atoms with Gasteiger partial charge in [0.2, 0.25) is 11.6 Å². The highest BCUT2D eigenvalue weighted by Crippen LogP contribution is 2.33. The molecular formula is C18H14ClF3N3O3S+. The molecular weight excluding hydrogens is 431 g/mol. The van der Waals surface area contributed by atoms with E-state index in [1.165, 1.54) is 4.68 Å². The van der Waals surface area contributed by atoms with Gasteiger partial charge >= 0.3 is 16.8 Å². The Hall–Kier alpha value is -2.72. The molecule has 3 aromatic rings. The van der Waals surface area contributed by atoms with Crippen LogP contribution in [0.3, 0.4) is 0 Å². The molecule has 0 fully saturated rings. The second kappa shape index (κ2) is 8.34. The minimum atomic E-state index is -4.57. The molecule has 3 rings (SSSR count). The number of aromatic amines is 1. The molecule has 0 unspecified atom stereocenters. The van der Waals surface area contributed by atoms with E-state index in [4.69, 9.17) is 16.1 Å². The van der Waals surface area contributed by atoms with Gasteiger partial charge in [-0.2, -0.15) is 13.2 Å². The Morgan fingerprint density at radius 2 is 1.93 bits per heavy atom. The van der Waals surface area contributed by atoms with E-state index in [0.717, 1.165) is 35.5 Å². The van der Waals surface area contributed by atoms with Crippen molar-refractivity contribution in [2.45, 2.75) is 18.1 Å². The van der Waals surface area contributed by atoms with Crippen molar-refractivity contribution in [1.29, 1.82) is 0 Å². The number of benzene rings is 2. The molecule has 29 heavy (non-hydrogen) atoms. The Kier molecular flexibility index (Phi) is 6.04. The second-order valence-corrected chi connectivity index (χ2v) is 7.36. The first-order chi connectivity index (χ1) is 13.6. The maximum absolute atomic E-state index is 12.8. The summed E-state index contributed by atoms with van der Waals surface area (Å²) in [7, 11) is 0. The average Bonchev–Trinajstić information content (AvgIpc) is 3.02. The van der Waals surface area contributed by atoms with Crippen molar-refractivity contribution in [1.82, 2.24) is 5.27 Å². The molecule has 11 heteroatoms. The number of nitrogens with one attached hydrogen (secondary N) is 2. The maximum Gasteiger partial charge on any atom is 0.442 e. The molecule has 1 amide bonds. The van der Waals surface area contributed by atoms with Crippen LogP contribution in [-0.4, -0.2) is 16.9 Å². The van der Waals surface area contributed by atoms with Crippen molar-refractivity contribution in [3.8, 4) is 5.69 Å². The van der Waals surface area contributed by atoms with Crippen LogP contribution in [0, 0.1) is 6.92 Å². The first-order valence-corrected chi connectivity index (χ1v) is 9.51. The molecule has 0 saturated carbocycles. The highest BCUT2D eigenvalue weighted by atomic mass is 35.5. The van der Waals surface area contributed by atoms with Crippen LogP contribution in [0.1, 0.15) is 11.1 Å². The largest absolute Gasteiger partial charge is 0.442 e. The van der Waals surface area contributed by atoms with Crippen LogP contribution in [0.4, 0.5) is 18.9 Å². The molecule has 0 saturated heterocycles. The summed E-state index contributed by atoms with van der Waals surface area (Å²) in [5, 5.41) is 4.85. The maximum atomic E-state index is 12.8. The van der Waals surface area contributed by atoms with Crippen molar-refractivity contribution in [3.05, 3.63) is 69.0 Å². The first kappa shape index (κ1) is 21.0. The Balaban J connectivity index is 1.73. The lowest BCUT2D eigenvalue weighted by Crippen LogP contribution is -2.36. The zero-order chi connectivity index (χ0) is 21.2. The van der Waals surface area contributed by atoms with Crippen LogP contribution in [-0.2, 0) is 11.0 Å². The first-order valence-electron chi connectivity index (χ1n) is 8.15. The zero-order valence-electron chi connectivity index (χ0n) is 14.8. The molecule has 0 aliphatic heterocycles. The van der Waals surface area contributed by atoms with Crippen molar-refractivity contribution >= 4 is 35.0 Å². The lowest BCUT2D eigenvalue weighted by Gasteiger charge is -2.11. The van der Waals surface area contributed by atoms with Gasteiger partial charge in [-0.3, -0.25) is 9.32 Å². The third kappa shape index (κ3) is 5.01. The summed E-state index contributed by atoms with van der Waals surface area (Å²) < 4.78 is 44.7. The van der Waals surface area contributed by atoms with Crippen LogP contribution < -0.4 is 15.6 Å². The monoisotopic (exact) mass is 444 g/mol. The van der Waals surface area contributed by atoms with E-state index in [1.807, 2.05) is 19.1 Å². The van der Waals surface area contributed by atoms with E-state index < -0.39 is 23.3 Å². The van der Waals surface area contributed by atoms with Gasteiger partial charge in [-0.15, -0.1) is 0 Å². The fraction of sp³-hybridized carbons (Fsp3) is 0.167. The summed E-state index contributed by atoms with van der Waals surface area (Å²) in [4.78, 5) is 24.1. The zero-order valence-corrected chi connectivity index (χ0v) is 16.4. The summed E-state index contributed by atoms with van der Waals surface area (Å²) >= 11 is 6.74. The predicted octanol–water partition coefficient (Wildman–Crippen LogP) is 3.96. The second-order valence-electron chi connectivity index (χ2n) is 5.99. The number of hydrogen-bond donors (Lipinski definition) is 2. The van der Waals surface area contributed by atoms with Crippen molar-refractivity contribution < 1.29 is 27.2 Å². The van der Waals surface area contributed by atoms with E-state index in [2.05, 4.69) is 10.6 Å². The lowest BCUT2D eigenvalue weighted by molar-refractivity contribution is -0.704. The summed E-state index contributed by atoms with van der Waals surface area (Å²) in [5.41, 5.74) is -0.148. The SMILES string of the molecule is Cc1ccc(-[n+]2[nH]oc(=O)c2SCC(=O)Nc2cc(C(F)(F)F)ccc2Cl)cc1. The van der Waals surface area contributed by atoms with Crippen LogP contribution >= 0.6 is 23.4 Å². The number of nitrogens with zero attached hydrogens (tertiary/aromatic N) is 1. The lowest BCUT2D eigenvalue weighted by atomic mass is 10.2. The van der Waals surface area contributed by atoms with Gasteiger partial charge < -0.3 is 5.32 Å². The van der Waals surface area contributed by atoms with Gasteiger partial charge in [0.1, 0.15) is 0 Å². The molecule has 0 aliphatic rings. The average molecular weight is 445 g/mol. The number of aryl methyl sites for hydroxylation is 1. The number of H-pyrrole nitrogens is 1. The number of alkyl halides is 3. The number of anilines is 1. The molecule has 2 N–H and O–H groups in total. The number of hydrogen-bond acceptors (Lipinski definition) is 4. The summed E-state index contributed by atoms with van der Waals surface area (Å²) in [6.45, 7) is 1.91. The molecule has 0 atom stereocenters.